The first-order valence-corrected chi connectivity index (χ1v) is 7.79. The van der Waals surface area contributed by atoms with E-state index in [4.69, 9.17) is 21.1 Å². The SMILES string of the molecule is CCC(Oc1cccc(C)c1)C(=O)Nc1ccc(OC)c(Cl)c1. The molecule has 1 N–H and O–H groups in total. The Morgan fingerprint density at radius 2 is 2.04 bits per heavy atom. The van der Waals surface area contributed by atoms with Gasteiger partial charge in [-0.3, -0.25) is 4.79 Å². The van der Waals surface area contributed by atoms with Crippen LogP contribution in [-0.4, -0.2) is 19.1 Å². The number of ether oxygens (including phenoxy) is 2. The van der Waals surface area contributed by atoms with Crippen LogP contribution in [0.1, 0.15) is 18.9 Å². The van der Waals surface area contributed by atoms with Crippen molar-refractivity contribution in [1.82, 2.24) is 0 Å². The van der Waals surface area contributed by atoms with Crippen LogP contribution in [0.25, 0.3) is 0 Å². The number of carbonyl (C=O) groups excluding carboxylic acids is 1. The lowest BCUT2D eigenvalue weighted by Gasteiger charge is -2.18. The van der Waals surface area contributed by atoms with Crippen molar-refractivity contribution in [2.24, 2.45) is 0 Å². The maximum absolute atomic E-state index is 12.4. The molecule has 0 bridgehead atoms. The Morgan fingerprint density at radius 1 is 1.26 bits per heavy atom. The van der Waals surface area contributed by atoms with Crippen molar-refractivity contribution in [2.75, 3.05) is 12.4 Å². The highest BCUT2D eigenvalue weighted by atomic mass is 35.5. The molecule has 1 atom stereocenters. The zero-order valence-corrected chi connectivity index (χ0v) is 14.2. The van der Waals surface area contributed by atoms with Crippen molar-refractivity contribution < 1.29 is 14.3 Å². The molecule has 5 heteroatoms. The van der Waals surface area contributed by atoms with Gasteiger partial charge in [-0.25, -0.2) is 0 Å². The Labute approximate surface area is 141 Å². The molecule has 2 aromatic rings. The van der Waals surface area contributed by atoms with Crippen molar-refractivity contribution in [1.29, 1.82) is 0 Å². The quantitative estimate of drug-likeness (QED) is 0.849. The van der Waals surface area contributed by atoms with Gasteiger partial charge >= 0.3 is 0 Å². The van der Waals surface area contributed by atoms with Crippen molar-refractivity contribution in [3.8, 4) is 11.5 Å². The van der Waals surface area contributed by atoms with Crippen LogP contribution in [0.15, 0.2) is 42.5 Å². The summed E-state index contributed by atoms with van der Waals surface area (Å²) < 4.78 is 10.9. The number of carbonyl (C=O) groups is 1. The number of hydrogen-bond acceptors (Lipinski definition) is 3. The van der Waals surface area contributed by atoms with E-state index in [2.05, 4.69) is 5.32 Å². The minimum Gasteiger partial charge on any atom is -0.495 e. The van der Waals surface area contributed by atoms with E-state index in [0.717, 1.165) is 5.56 Å². The third kappa shape index (κ3) is 4.63. The summed E-state index contributed by atoms with van der Waals surface area (Å²) in [5.74, 6) is 1.03. The van der Waals surface area contributed by atoms with Gasteiger partial charge < -0.3 is 14.8 Å². The third-order valence-corrected chi connectivity index (χ3v) is 3.65. The first-order valence-electron chi connectivity index (χ1n) is 7.41. The highest BCUT2D eigenvalue weighted by molar-refractivity contribution is 6.32. The Kier molecular flexibility index (Phi) is 5.88. The average molecular weight is 334 g/mol. The van der Waals surface area contributed by atoms with E-state index in [1.165, 1.54) is 0 Å². The molecule has 0 fully saturated rings. The fraction of sp³-hybridized carbons (Fsp3) is 0.278. The molecule has 4 nitrogen and oxygen atoms in total. The first kappa shape index (κ1) is 17.2. The summed E-state index contributed by atoms with van der Waals surface area (Å²) in [6, 6.07) is 12.7. The molecular formula is C18H20ClNO3. The molecule has 1 unspecified atom stereocenters. The van der Waals surface area contributed by atoms with E-state index < -0.39 is 6.10 Å². The van der Waals surface area contributed by atoms with Gasteiger partial charge in [-0.2, -0.15) is 0 Å². The van der Waals surface area contributed by atoms with Gasteiger partial charge in [-0.05, 0) is 49.2 Å². The van der Waals surface area contributed by atoms with Gasteiger partial charge in [0.05, 0.1) is 12.1 Å². The van der Waals surface area contributed by atoms with Crippen molar-refractivity contribution >= 4 is 23.2 Å². The molecule has 23 heavy (non-hydrogen) atoms. The van der Waals surface area contributed by atoms with Crippen molar-refractivity contribution in [2.45, 2.75) is 26.4 Å². The van der Waals surface area contributed by atoms with Crippen LogP contribution in [0.2, 0.25) is 5.02 Å². The Bertz CT molecular complexity index is 688. The number of rotatable bonds is 6. The second kappa shape index (κ2) is 7.88. The summed E-state index contributed by atoms with van der Waals surface area (Å²) >= 11 is 6.07. The second-order valence-electron chi connectivity index (χ2n) is 5.17. The van der Waals surface area contributed by atoms with E-state index in [-0.39, 0.29) is 5.91 Å². The maximum Gasteiger partial charge on any atom is 0.265 e. The van der Waals surface area contributed by atoms with Crippen molar-refractivity contribution in [3.05, 3.63) is 53.1 Å². The zero-order chi connectivity index (χ0) is 16.8. The molecular weight excluding hydrogens is 314 g/mol. The van der Waals surface area contributed by atoms with Gasteiger partial charge in [0.25, 0.3) is 5.91 Å². The van der Waals surface area contributed by atoms with Crippen LogP contribution in [0.5, 0.6) is 11.5 Å². The molecule has 0 spiro atoms. The van der Waals surface area contributed by atoms with Crippen LogP contribution in [0.3, 0.4) is 0 Å². The summed E-state index contributed by atoms with van der Waals surface area (Å²) in [5.41, 5.74) is 1.69. The van der Waals surface area contributed by atoms with E-state index in [1.807, 2.05) is 38.1 Å². The third-order valence-electron chi connectivity index (χ3n) is 3.35. The van der Waals surface area contributed by atoms with Gasteiger partial charge in [0.1, 0.15) is 11.5 Å². The molecule has 0 aliphatic carbocycles. The Hall–Kier alpha value is -2.20. The molecule has 0 aliphatic heterocycles. The van der Waals surface area contributed by atoms with Gasteiger partial charge in [0.15, 0.2) is 6.10 Å². The summed E-state index contributed by atoms with van der Waals surface area (Å²) in [6.07, 6.45) is -0.0124. The molecule has 2 rings (SSSR count). The van der Waals surface area contributed by atoms with Gasteiger partial charge in [0, 0.05) is 5.69 Å². The standard InChI is InChI=1S/C18H20ClNO3/c1-4-16(23-14-7-5-6-12(2)10-14)18(21)20-13-8-9-17(22-3)15(19)11-13/h5-11,16H,4H2,1-3H3,(H,20,21). The fourth-order valence-corrected chi connectivity index (χ4v) is 2.40. The predicted octanol–water partition coefficient (Wildman–Crippen LogP) is 4.45. The molecule has 0 radical (unpaired) electrons. The van der Waals surface area contributed by atoms with Crippen LogP contribution in [-0.2, 0) is 4.79 Å². The molecule has 0 aliphatic rings. The lowest BCUT2D eigenvalue weighted by atomic mass is 10.2. The van der Waals surface area contributed by atoms with Crippen LogP contribution in [0, 0.1) is 6.92 Å². The molecule has 2 aromatic carbocycles. The van der Waals surface area contributed by atoms with Gasteiger partial charge in [-0.15, -0.1) is 0 Å². The van der Waals surface area contributed by atoms with E-state index >= 15 is 0 Å². The van der Waals surface area contributed by atoms with Gasteiger partial charge in [-0.1, -0.05) is 30.7 Å². The van der Waals surface area contributed by atoms with Crippen LogP contribution < -0.4 is 14.8 Å². The number of aryl methyl sites for hydroxylation is 1. The summed E-state index contributed by atoms with van der Waals surface area (Å²) in [5, 5.41) is 3.26. The fourth-order valence-electron chi connectivity index (χ4n) is 2.14. The van der Waals surface area contributed by atoms with Crippen LogP contribution >= 0.6 is 11.6 Å². The number of anilines is 1. The smallest absolute Gasteiger partial charge is 0.265 e. The number of amides is 1. The number of hydrogen-bond donors (Lipinski definition) is 1. The highest BCUT2D eigenvalue weighted by Gasteiger charge is 2.19. The minimum absolute atomic E-state index is 0.213. The normalized spacial score (nSPS) is 11.7. The second-order valence-corrected chi connectivity index (χ2v) is 5.58. The van der Waals surface area contributed by atoms with E-state index in [9.17, 15) is 4.79 Å². The molecule has 0 saturated carbocycles. The van der Waals surface area contributed by atoms with E-state index in [1.54, 1.807) is 25.3 Å². The topological polar surface area (TPSA) is 47.6 Å². The van der Waals surface area contributed by atoms with Crippen LogP contribution in [0.4, 0.5) is 5.69 Å². The monoisotopic (exact) mass is 333 g/mol. The molecule has 0 aromatic heterocycles. The molecule has 122 valence electrons. The average Bonchev–Trinajstić information content (AvgIpc) is 2.52. The Balaban J connectivity index is 2.06. The maximum atomic E-state index is 12.4. The Morgan fingerprint density at radius 3 is 2.65 bits per heavy atom. The zero-order valence-electron chi connectivity index (χ0n) is 13.4. The van der Waals surface area contributed by atoms with E-state index in [0.29, 0.717) is 28.6 Å². The summed E-state index contributed by atoms with van der Waals surface area (Å²) in [7, 11) is 1.54. The number of nitrogens with one attached hydrogen (secondary N) is 1. The largest absolute Gasteiger partial charge is 0.495 e. The lowest BCUT2D eigenvalue weighted by Crippen LogP contribution is -2.32. The van der Waals surface area contributed by atoms with Crippen molar-refractivity contribution in [3.63, 3.8) is 0 Å². The number of benzene rings is 2. The number of methoxy groups -OCH3 is 1. The molecule has 1 amide bonds. The van der Waals surface area contributed by atoms with Gasteiger partial charge in [0.2, 0.25) is 0 Å². The minimum atomic E-state index is -0.572. The predicted molar refractivity (Wildman–Crippen MR) is 92.5 cm³/mol. The summed E-state index contributed by atoms with van der Waals surface area (Å²) in [6.45, 7) is 3.88. The first-order chi connectivity index (χ1) is 11.0. The highest BCUT2D eigenvalue weighted by Crippen LogP contribution is 2.27. The number of halogens is 1. The lowest BCUT2D eigenvalue weighted by molar-refractivity contribution is -0.122. The molecule has 0 saturated heterocycles. The summed E-state index contributed by atoms with van der Waals surface area (Å²) in [4.78, 5) is 12.4. The molecule has 0 heterocycles.